The van der Waals surface area contributed by atoms with Gasteiger partial charge in [0.1, 0.15) is 28.6 Å². The Bertz CT molecular complexity index is 1750. The van der Waals surface area contributed by atoms with Gasteiger partial charge in [0.2, 0.25) is 0 Å². The largest absolute Gasteiger partial charge is 0.508 e. The molecule has 2 N–H and O–H groups in total. The first kappa shape index (κ1) is 28.2. The average molecular weight is 590 g/mol. The predicted octanol–water partition coefficient (Wildman–Crippen LogP) is 5.46. The highest BCUT2D eigenvalue weighted by molar-refractivity contribution is 6.01. The van der Waals surface area contributed by atoms with Crippen LogP contribution in [0.15, 0.2) is 30.5 Å². The molecule has 1 aliphatic carbocycles. The Labute approximate surface area is 249 Å². The van der Waals surface area contributed by atoms with Gasteiger partial charge >= 0.3 is 6.01 Å². The lowest BCUT2D eigenvalue weighted by molar-refractivity contribution is 0.0447. The van der Waals surface area contributed by atoms with Crippen molar-refractivity contribution in [3.8, 4) is 23.0 Å². The van der Waals surface area contributed by atoms with Gasteiger partial charge in [0.05, 0.1) is 17.6 Å². The summed E-state index contributed by atoms with van der Waals surface area (Å²) in [7, 11) is 2.12. The molecule has 43 heavy (non-hydrogen) atoms. The number of hydrogen-bond acceptors (Lipinski definition) is 8. The fourth-order valence-corrected chi connectivity index (χ4v) is 7.41. The van der Waals surface area contributed by atoms with E-state index in [9.17, 15) is 14.6 Å². The quantitative estimate of drug-likeness (QED) is 0.306. The Morgan fingerprint density at radius 3 is 2.77 bits per heavy atom. The molecule has 2 aliphatic heterocycles. The lowest BCUT2D eigenvalue weighted by atomic mass is 9.94. The Balaban J connectivity index is 1.37. The number of β-amino-alcohol motifs (C(OH)–C–C–N with tert-alkyl or cyclic N) is 1. The van der Waals surface area contributed by atoms with Crippen LogP contribution in [0.1, 0.15) is 45.1 Å². The minimum absolute atomic E-state index is 0.0340. The Morgan fingerprint density at radius 1 is 1.14 bits per heavy atom. The van der Waals surface area contributed by atoms with Gasteiger partial charge < -0.3 is 24.7 Å². The molecule has 226 valence electrons. The zero-order valence-electron chi connectivity index (χ0n) is 24.8. The molecule has 8 nitrogen and oxygen atoms in total. The number of aromatic hydroxyl groups is 1. The number of benzene rings is 2. The summed E-state index contributed by atoms with van der Waals surface area (Å²) in [5, 5.41) is 22.9. The fourth-order valence-electron chi connectivity index (χ4n) is 7.41. The van der Waals surface area contributed by atoms with E-state index in [4.69, 9.17) is 9.72 Å². The van der Waals surface area contributed by atoms with Gasteiger partial charge in [0, 0.05) is 36.8 Å². The molecule has 4 heterocycles. The van der Waals surface area contributed by atoms with Crippen molar-refractivity contribution in [2.24, 2.45) is 11.3 Å². The molecule has 0 spiro atoms. The van der Waals surface area contributed by atoms with Gasteiger partial charge in [0.15, 0.2) is 5.82 Å². The van der Waals surface area contributed by atoms with Gasteiger partial charge in [-0.2, -0.15) is 9.97 Å². The summed E-state index contributed by atoms with van der Waals surface area (Å²) in [6.45, 7) is 7.06. The number of aryl methyl sites for hydroxylation is 1. The number of phenols is 1. The van der Waals surface area contributed by atoms with Gasteiger partial charge in [0.25, 0.3) is 0 Å². The fraction of sp³-hybridized carbons (Fsp3) is 0.485. The number of likely N-dealkylation sites (tertiary alicyclic amines) is 1. The molecule has 3 fully saturated rings. The first-order chi connectivity index (χ1) is 20.6. The second-order valence-corrected chi connectivity index (χ2v) is 13.1. The van der Waals surface area contributed by atoms with Crippen LogP contribution in [-0.4, -0.2) is 75.5 Å². The maximum absolute atomic E-state index is 16.7. The lowest BCUT2D eigenvalue weighted by Crippen LogP contribution is -2.46. The molecule has 1 saturated carbocycles. The zero-order valence-corrected chi connectivity index (χ0v) is 24.8. The van der Waals surface area contributed by atoms with Crippen molar-refractivity contribution in [2.75, 3.05) is 44.7 Å². The van der Waals surface area contributed by atoms with Gasteiger partial charge in [-0.25, -0.2) is 8.78 Å². The van der Waals surface area contributed by atoms with E-state index in [-0.39, 0.29) is 28.4 Å². The SMILES string of the molecule is CCc1c(F)ccc2cc(O)cc(-c3ncc4c(N5CCC[C@@](C)(O)C5)nc(OCC56CC5CCN(C)C6)nc4c3F)c12. The number of fused-ring (bicyclic) bond motifs is 3. The number of piperidine rings is 2. The molecule has 0 bridgehead atoms. The van der Waals surface area contributed by atoms with Crippen molar-refractivity contribution in [1.29, 1.82) is 0 Å². The van der Waals surface area contributed by atoms with Gasteiger partial charge in [-0.15, -0.1) is 0 Å². The van der Waals surface area contributed by atoms with Crippen LogP contribution in [-0.2, 0) is 6.42 Å². The number of pyridine rings is 1. The molecule has 2 unspecified atom stereocenters. The number of halogens is 2. The maximum Gasteiger partial charge on any atom is 0.319 e. The van der Waals surface area contributed by atoms with Crippen molar-refractivity contribution >= 4 is 27.5 Å². The number of phenolic OH excluding ortho intramolecular Hbond substituents is 1. The van der Waals surface area contributed by atoms with Crippen molar-refractivity contribution in [3.05, 3.63) is 47.7 Å². The highest BCUT2D eigenvalue weighted by atomic mass is 19.1. The number of ether oxygens (including phenoxy) is 1. The van der Waals surface area contributed by atoms with E-state index in [1.807, 2.05) is 11.8 Å². The number of aromatic nitrogens is 3. The zero-order chi connectivity index (χ0) is 30.1. The van der Waals surface area contributed by atoms with Gasteiger partial charge in [-0.05, 0) is 93.1 Å². The Hall–Kier alpha value is -3.63. The van der Waals surface area contributed by atoms with Crippen molar-refractivity contribution < 1.29 is 23.7 Å². The van der Waals surface area contributed by atoms with Gasteiger partial charge in [-0.1, -0.05) is 13.0 Å². The minimum Gasteiger partial charge on any atom is -0.508 e. The summed E-state index contributed by atoms with van der Waals surface area (Å²) in [4.78, 5) is 18.1. The first-order valence-electron chi connectivity index (χ1n) is 15.2. The first-order valence-corrected chi connectivity index (χ1v) is 15.2. The van der Waals surface area contributed by atoms with E-state index in [1.54, 1.807) is 13.0 Å². The third-order valence-corrected chi connectivity index (χ3v) is 9.67. The molecule has 2 saturated heterocycles. The number of rotatable bonds is 6. The topological polar surface area (TPSA) is 94.8 Å². The van der Waals surface area contributed by atoms with Gasteiger partial charge in [-0.3, -0.25) is 4.98 Å². The van der Waals surface area contributed by atoms with Crippen molar-refractivity contribution in [3.63, 3.8) is 0 Å². The van der Waals surface area contributed by atoms with E-state index in [0.717, 1.165) is 32.4 Å². The molecule has 4 aromatic rings. The van der Waals surface area contributed by atoms with Crippen LogP contribution in [0.5, 0.6) is 11.8 Å². The summed E-state index contributed by atoms with van der Waals surface area (Å²) in [6, 6.07) is 5.98. The van der Waals surface area contributed by atoms with Crippen LogP contribution in [0.2, 0.25) is 0 Å². The third-order valence-electron chi connectivity index (χ3n) is 9.67. The molecular weight excluding hydrogens is 552 g/mol. The van der Waals surface area contributed by atoms with Crippen LogP contribution in [0.25, 0.3) is 32.9 Å². The second kappa shape index (κ2) is 10.2. The van der Waals surface area contributed by atoms with Crippen molar-refractivity contribution in [1.82, 2.24) is 19.9 Å². The molecule has 7 rings (SSSR count). The number of hydrogen-bond donors (Lipinski definition) is 2. The summed E-state index contributed by atoms with van der Waals surface area (Å²) >= 11 is 0. The average Bonchev–Trinajstić information content (AvgIpc) is 3.69. The van der Waals surface area contributed by atoms with Crippen LogP contribution in [0, 0.1) is 23.0 Å². The molecular formula is C33H37F2N5O3. The molecule has 10 heteroatoms. The number of anilines is 1. The van der Waals surface area contributed by atoms with E-state index in [0.29, 0.717) is 71.6 Å². The summed E-state index contributed by atoms with van der Waals surface area (Å²) in [5.41, 5.74) is -0.150. The van der Waals surface area contributed by atoms with Crippen LogP contribution in [0.4, 0.5) is 14.6 Å². The third kappa shape index (κ3) is 4.94. The second-order valence-electron chi connectivity index (χ2n) is 13.1. The van der Waals surface area contributed by atoms with E-state index in [1.165, 1.54) is 24.4 Å². The smallest absolute Gasteiger partial charge is 0.319 e. The van der Waals surface area contributed by atoms with Crippen LogP contribution in [0.3, 0.4) is 0 Å². The van der Waals surface area contributed by atoms with E-state index in [2.05, 4.69) is 21.9 Å². The Morgan fingerprint density at radius 2 is 1.98 bits per heavy atom. The summed E-state index contributed by atoms with van der Waals surface area (Å²) in [6.07, 6.45) is 5.55. The van der Waals surface area contributed by atoms with Crippen LogP contribution < -0.4 is 9.64 Å². The molecule has 3 aliphatic rings. The molecule has 2 aromatic heterocycles. The highest BCUT2D eigenvalue weighted by Gasteiger charge is 2.57. The summed E-state index contributed by atoms with van der Waals surface area (Å²) < 4.78 is 37.9. The highest BCUT2D eigenvalue weighted by Crippen LogP contribution is 2.57. The minimum atomic E-state index is -0.920. The van der Waals surface area contributed by atoms with Crippen molar-refractivity contribution in [2.45, 2.75) is 51.6 Å². The normalized spacial score (nSPS) is 25.7. The van der Waals surface area contributed by atoms with Crippen LogP contribution >= 0.6 is 0 Å². The maximum atomic E-state index is 16.7. The Kier molecular flexibility index (Phi) is 6.70. The predicted molar refractivity (Wildman–Crippen MR) is 161 cm³/mol. The standard InChI is InChI=1S/C33H37F2N5O3/c1-4-22-25(34)7-6-19-12-21(41)13-23(26(19)22)28-27(35)29-24(15-36-28)30(40-10-5-9-32(2,42)16-40)38-31(37-29)43-18-33-14-20(33)8-11-39(3)17-33/h6-7,12-13,15,20,41-42H,4-5,8-11,14,16-18H2,1-3H3/t20?,32-,33?/m1/s1. The molecule has 0 amide bonds. The molecule has 2 aromatic carbocycles. The van der Waals surface area contributed by atoms with E-state index < -0.39 is 17.2 Å². The number of aliphatic hydroxyl groups is 1. The summed E-state index contributed by atoms with van der Waals surface area (Å²) in [5.74, 6) is -0.0965. The monoisotopic (exact) mass is 589 g/mol. The molecule has 3 atom stereocenters. The molecule has 0 radical (unpaired) electrons. The lowest BCUT2D eigenvalue weighted by Gasteiger charge is -2.38. The van der Waals surface area contributed by atoms with E-state index >= 15 is 4.39 Å². The number of nitrogens with zero attached hydrogens (tertiary/aromatic N) is 5.